The van der Waals surface area contributed by atoms with Crippen LogP contribution in [0.5, 0.6) is 0 Å². The van der Waals surface area contributed by atoms with Crippen LogP contribution < -0.4 is 10.5 Å². The molecule has 3 N–H and O–H groups in total. The third-order valence-electron chi connectivity index (χ3n) is 2.95. The van der Waals surface area contributed by atoms with E-state index in [0.29, 0.717) is 0 Å². The summed E-state index contributed by atoms with van der Waals surface area (Å²) in [6, 6.07) is 3.92. The first-order valence-corrected chi connectivity index (χ1v) is 7.78. The zero-order valence-electron chi connectivity index (χ0n) is 11.3. The molecule has 112 valence electrons. The van der Waals surface area contributed by atoms with Gasteiger partial charge < -0.3 is 5.73 Å². The molecule has 0 saturated carbocycles. The van der Waals surface area contributed by atoms with E-state index >= 15 is 0 Å². The number of sulfonamides is 1. The van der Waals surface area contributed by atoms with Crippen LogP contribution in [0, 0.1) is 19.7 Å². The maximum absolute atomic E-state index is 13.5. The van der Waals surface area contributed by atoms with Crippen molar-refractivity contribution in [1.29, 1.82) is 0 Å². The van der Waals surface area contributed by atoms with E-state index in [2.05, 4.69) is 9.71 Å². The SMILES string of the molecule is Cc1cc(F)c(N)c(C)c1S(=O)(=O)Nc1ccnc(Cl)c1. The van der Waals surface area contributed by atoms with Gasteiger partial charge in [0.05, 0.1) is 16.3 Å². The van der Waals surface area contributed by atoms with Crippen molar-refractivity contribution < 1.29 is 12.8 Å². The van der Waals surface area contributed by atoms with Gasteiger partial charge in [-0.25, -0.2) is 17.8 Å². The maximum Gasteiger partial charge on any atom is 0.262 e. The molecule has 2 rings (SSSR count). The van der Waals surface area contributed by atoms with Crippen molar-refractivity contribution in [2.75, 3.05) is 10.5 Å². The summed E-state index contributed by atoms with van der Waals surface area (Å²) < 4.78 is 40.8. The number of pyridine rings is 1. The van der Waals surface area contributed by atoms with E-state index < -0.39 is 15.8 Å². The molecule has 8 heteroatoms. The van der Waals surface area contributed by atoms with Crippen molar-refractivity contribution in [1.82, 2.24) is 4.98 Å². The van der Waals surface area contributed by atoms with E-state index in [9.17, 15) is 12.8 Å². The minimum atomic E-state index is -3.91. The van der Waals surface area contributed by atoms with Gasteiger partial charge in [0.2, 0.25) is 0 Å². The summed E-state index contributed by atoms with van der Waals surface area (Å²) in [5.74, 6) is -0.643. The monoisotopic (exact) mass is 329 g/mol. The number of anilines is 2. The summed E-state index contributed by atoms with van der Waals surface area (Å²) in [4.78, 5) is 3.72. The molecule has 0 unspecified atom stereocenters. The van der Waals surface area contributed by atoms with Gasteiger partial charge in [-0.2, -0.15) is 0 Å². The molecule has 0 radical (unpaired) electrons. The molecule has 2 aromatic rings. The summed E-state index contributed by atoms with van der Waals surface area (Å²) in [5, 5.41) is 0.155. The highest BCUT2D eigenvalue weighted by molar-refractivity contribution is 7.92. The number of nitrogens with two attached hydrogens (primary N) is 1. The largest absolute Gasteiger partial charge is 0.396 e. The number of hydrogen-bond acceptors (Lipinski definition) is 4. The second-order valence-corrected chi connectivity index (χ2v) is 6.52. The fourth-order valence-electron chi connectivity index (χ4n) is 2.02. The highest BCUT2D eigenvalue weighted by Crippen LogP contribution is 2.29. The number of rotatable bonds is 3. The summed E-state index contributed by atoms with van der Waals surface area (Å²) in [6.45, 7) is 2.96. The predicted molar refractivity (Wildman–Crippen MR) is 80.3 cm³/mol. The van der Waals surface area contributed by atoms with E-state index in [0.717, 1.165) is 6.07 Å². The van der Waals surface area contributed by atoms with Crippen molar-refractivity contribution in [3.8, 4) is 0 Å². The Bertz CT molecular complexity index is 809. The van der Waals surface area contributed by atoms with Crippen LogP contribution >= 0.6 is 11.6 Å². The average Bonchev–Trinajstić information content (AvgIpc) is 2.35. The van der Waals surface area contributed by atoms with Gasteiger partial charge in [0.25, 0.3) is 10.0 Å². The Kier molecular flexibility index (Phi) is 4.06. The fourth-order valence-corrected chi connectivity index (χ4v) is 3.73. The summed E-state index contributed by atoms with van der Waals surface area (Å²) >= 11 is 5.71. The van der Waals surface area contributed by atoms with Crippen LogP contribution in [0.4, 0.5) is 15.8 Å². The molecule has 0 aliphatic carbocycles. The maximum atomic E-state index is 13.5. The molecule has 0 amide bonds. The van der Waals surface area contributed by atoms with Gasteiger partial charge in [0.15, 0.2) is 0 Å². The van der Waals surface area contributed by atoms with Crippen LogP contribution in [-0.4, -0.2) is 13.4 Å². The molecular weight excluding hydrogens is 317 g/mol. The second kappa shape index (κ2) is 5.50. The van der Waals surface area contributed by atoms with E-state index in [1.54, 1.807) is 0 Å². The van der Waals surface area contributed by atoms with Gasteiger partial charge in [-0.3, -0.25) is 4.72 Å². The zero-order chi connectivity index (χ0) is 15.8. The first kappa shape index (κ1) is 15.5. The van der Waals surface area contributed by atoms with Crippen molar-refractivity contribution in [2.24, 2.45) is 0 Å². The Morgan fingerprint density at radius 2 is 2.00 bits per heavy atom. The molecule has 0 atom stereocenters. The van der Waals surface area contributed by atoms with E-state index in [1.165, 1.54) is 32.2 Å². The molecular formula is C13H13ClFN3O2S. The van der Waals surface area contributed by atoms with E-state index in [1.807, 2.05) is 0 Å². The highest BCUT2D eigenvalue weighted by Gasteiger charge is 2.23. The minimum absolute atomic E-state index is 0.0469. The van der Waals surface area contributed by atoms with Crippen molar-refractivity contribution >= 4 is 33.0 Å². The first-order chi connectivity index (χ1) is 9.72. The molecule has 1 heterocycles. The van der Waals surface area contributed by atoms with E-state index in [-0.39, 0.29) is 32.6 Å². The molecule has 0 fully saturated rings. The quantitative estimate of drug-likeness (QED) is 0.669. The third kappa shape index (κ3) is 3.08. The van der Waals surface area contributed by atoms with Gasteiger partial charge in [0.1, 0.15) is 11.0 Å². The highest BCUT2D eigenvalue weighted by atomic mass is 35.5. The van der Waals surface area contributed by atoms with Crippen LogP contribution in [0.3, 0.4) is 0 Å². The Labute approximate surface area is 127 Å². The smallest absolute Gasteiger partial charge is 0.262 e. The first-order valence-electron chi connectivity index (χ1n) is 5.92. The minimum Gasteiger partial charge on any atom is -0.396 e. The molecule has 1 aromatic heterocycles. The summed E-state index contributed by atoms with van der Waals surface area (Å²) in [5.41, 5.74) is 6.08. The van der Waals surface area contributed by atoms with Crippen LogP contribution in [-0.2, 0) is 10.0 Å². The van der Waals surface area contributed by atoms with Crippen LogP contribution in [0.1, 0.15) is 11.1 Å². The molecule has 0 spiro atoms. The number of nitrogens with zero attached hydrogens (tertiary/aromatic N) is 1. The van der Waals surface area contributed by atoms with Gasteiger partial charge in [-0.1, -0.05) is 11.6 Å². The van der Waals surface area contributed by atoms with Gasteiger partial charge in [0, 0.05) is 6.20 Å². The van der Waals surface area contributed by atoms with Crippen LogP contribution in [0.25, 0.3) is 0 Å². The molecule has 0 aliphatic rings. The topological polar surface area (TPSA) is 85.1 Å². The number of nitrogen functional groups attached to an aromatic ring is 1. The summed E-state index contributed by atoms with van der Waals surface area (Å²) in [7, 11) is -3.91. The predicted octanol–water partition coefficient (Wildman–Crippen LogP) is 2.87. The van der Waals surface area contributed by atoms with E-state index in [4.69, 9.17) is 17.3 Å². The molecule has 0 aliphatic heterocycles. The van der Waals surface area contributed by atoms with Crippen LogP contribution in [0.15, 0.2) is 29.3 Å². The lowest BCUT2D eigenvalue weighted by atomic mass is 10.1. The molecule has 5 nitrogen and oxygen atoms in total. The fraction of sp³-hybridized carbons (Fsp3) is 0.154. The van der Waals surface area contributed by atoms with Crippen molar-refractivity contribution in [3.05, 3.63) is 46.5 Å². The summed E-state index contributed by atoms with van der Waals surface area (Å²) in [6.07, 6.45) is 1.37. The molecule has 0 saturated heterocycles. The zero-order valence-corrected chi connectivity index (χ0v) is 12.9. The molecule has 0 bridgehead atoms. The lowest BCUT2D eigenvalue weighted by Gasteiger charge is -2.15. The Morgan fingerprint density at radius 1 is 1.33 bits per heavy atom. The van der Waals surface area contributed by atoms with Crippen molar-refractivity contribution in [2.45, 2.75) is 18.7 Å². The third-order valence-corrected chi connectivity index (χ3v) is 4.83. The number of aromatic nitrogens is 1. The Morgan fingerprint density at radius 3 is 2.62 bits per heavy atom. The molecule has 21 heavy (non-hydrogen) atoms. The number of benzene rings is 1. The second-order valence-electron chi connectivity index (χ2n) is 4.52. The van der Waals surface area contributed by atoms with Crippen LogP contribution in [0.2, 0.25) is 5.15 Å². The Balaban J connectivity index is 2.53. The van der Waals surface area contributed by atoms with Gasteiger partial charge in [-0.05, 0) is 43.2 Å². The van der Waals surface area contributed by atoms with Gasteiger partial charge in [-0.15, -0.1) is 0 Å². The number of hydrogen-bond donors (Lipinski definition) is 2. The number of halogens is 2. The van der Waals surface area contributed by atoms with Crippen molar-refractivity contribution in [3.63, 3.8) is 0 Å². The normalized spacial score (nSPS) is 11.4. The molecule has 1 aromatic carbocycles. The lowest BCUT2D eigenvalue weighted by Crippen LogP contribution is -2.17. The number of nitrogens with one attached hydrogen (secondary N) is 1. The Hall–Kier alpha value is -1.86. The lowest BCUT2D eigenvalue weighted by molar-refractivity contribution is 0.598. The standard InChI is InChI=1S/C13H13ClFN3O2S/c1-7-5-10(15)12(16)8(2)13(7)21(19,20)18-9-3-4-17-11(14)6-9/h3-6H,16H2,1-2H3,(H,17,18). The average molecular weight is 330 g/mol. The van der Waals surface area contributed by atoms with Gasteiger partial charge >= 0.3 is 0 Å². The number of aryl methyl sites for hydroxylation is 1.